The monoisotopic (exact) mass is 242 g/mol. The fourth-order valence-electron chi connectivity index (χ4n) is 1.22. The first kappa shape index (κ1) is 11.0. The van der Waals surface area contributed by atoms with Crippen LogP contribution in [-0.4, -0.2) is 25.8 Å². The van der Waals surface area contributed by atoms with Gasteiger partial charge >= 0.3 is 0 Å². The molecule has 2 N–H and O–H groups in total. The lowest BCUT2D eigenvalue weighted by atomic mass is 10.3. The molecule has 7 heteroatoms. The van der Waals surface area contributed by atoms with Crippen molar-refractivity contribution < 1.29 is 17.9 Å². The lowest BCUT2D eigenvalue weighted by Gasteiger charge is -2.10. The van der Waals surface area contributed by atoms with Crippen LogP contribution in [0.3, 0.4) is 0 Å². The summed E-state index contributed by atoms with van der Waals surface area (Å²) < 4.78 is 27.9. The Bertz CT molecular complexity index is 522. The molecule has 0 unspecified atom stereocenters. The molecule has 1 aromatic rings. The average Bonchev–Trinajstić information content (AvgIpc) is 3.00. The van der Waals surface area contributed by atoms with E-state index in [1.54, 1.807) is 0 Å². The number of sulfonamides is 1. The van der Waals surface area contributed by atoms with Gasteiger partial charge in [-0.1, -0.05) is 0 Å². The highest BCUT2D eigenvalue weighted by Gasteiger charge is 2.28. The highest BCUT2D eigenvalue weighted by molar-refractivity contribution is 7.89. The van der Waals surface area contributed by atoms with Crippen LogP contribution in [0.1, 0.15) is 23.3 Å². The number of rotatable bonds is 4. The van der Waals surface area contributed by atoms with Gasteiger partial charge in [0.1, 0.15) is 10.6 Å². The molecule has 0 saturated heterocycles. The number of primary sulfonamides is 1. The molecule has 1 aromatic heterocycles. The zero-order valence-corrected chi connectivity index (χ0v) is 9.11. The van der Waals surface area contributed by atoms with Crippen LogP contribution >= 0.6 is 0 Å². The predicted octanol–water partition coefficient (Wildman–Crippen LogP) is 0.0827. The number of hydrogen-bond donors (Lipinski definition) is 1. The second-order valence-electron chi connectivity index (χ2n) is 3.50. The number of nitrogens with zero attached hydrogens (tertiary/aromatic N) is 1. The Morgan fingerprint density at radius 1 is 1.50 bits per heavy atom. The molecule has 0 aromatic carbocycles. The fraction of sp³-hybridized carbons (Fsp3) is 0.333. The number of carbonyl (C=O) groups is 1. The van der Waals surface area contributed by atoms with Crippen LogP contribution < -0.4 is 9.88 Å². The average molecular weight is 242 g/mol. The highest BCUT2D eigenvalue weighted by Crippen LogP contribution is 2.32. The summed E-state index contributed by atoms with van der Waals surface area (Å²) in [4.78, 5) is 14.3. The largest absolute Gasteiger partial charge is 0.487 e. The second kappa shape index (κ2) is 3.84. The van der Waals surface area contributed by atoms with Gasteiger partial charge in [0, 0.05) is 6.20 Å². The second-order valence-corrected chi connectivity index (χ2v) is 5.03. The van der Waals surface area contributed by atoms with E-state index in [-0.39, 0.29) is 22.4 Å². The van der Waals surface area contributed by atoms with Crippen LogP contribution in [0.2, 0.25) is 0 Å². The number of nitrogens with two attached hydrogens (primary N) is 1. The van der Waals surface area contributed by atoms with Crippen molar-refractivity contribution in [3.63, 3.8) is 0 Å². The molecular weight excluding hydrogens is 232 g/mol. The molecule has 0 bridgehead atoms. The van der Waals surface area contributed by atoms with Gasteiger partial charge in [-0.05, 0) is 18.9 Å². The first-order chi connectivity index (χ1) is 7.52. The number of ether oxygens (including phenoxy) is 1. The Kier molecular flexibility index (Phi) is 2.64. The normalized spacial score (nSPS) is 15.8. The van der Waals surface area contributed by atoms with Crippen molar-refractivity contribution in [1.82, 2.24) is 4.98 Å². The molecule has 1 aliphatic carbocycles. The summed E-state index contributed by atoms with van der Waals surface area (Å²) >= 11 is 0. The van der Waals surface area contributed by atoms with Gasteiger partial charge in [0.25, 0.3) is 0 Å². The Labute approximate surface area is 92.5 Å². The maximum Gasteiger partial charge on any atom is 0.241 e. The Hall–Kier alpha value is -1.47. The number of carbonyl (C=O) groups excluding carboxylic acids is 1. The van der Waals surface area contributed by atoms with Crippen molar-refractivity contribution in [3.05, 3.63) is 18.0 Å². The van der Waals surface area contributed by atoms with Gasteiger partial charge in [-0.15, -0.1) is 0 Å². The van der Waals surface area contributed by atoms with Crippen LogP contribution in [0.4, 0.5) is 0 Å². The van der Waals surface area contributed by atoms with Crippen molar-refractivity contribution in [2.75, 3.05) is 0 Å². The number of aldehydes is 1. The molecule has 86 valence electrons. The van der Waals surface area contributed by atoms with Gasteiger partial charge in [0.05, 0.1) is 6.10 Å². The zero-order chi connectivity index (χ0) is 11.8. The molecule has 1 aliphatic rings. The van der Waals surface area contributed by atoms with E-state index in [2.05, 4.69) is 4.98 Å². The van der Waals surface area contributed by atoms with Crippen molar-refractivity contribution in [1.29, 1.82) is 0 Å². The van der Waals surface area contributed by atoms with Crippen LogP contribution in [0, 0.1) is 0 Å². The molecule has 1 fully saturated rings. The fourth-order valence-corrected chi connectivity index (χ4v) is 1.89. The molecule has 0 amide bonds. The molecular formula is C9H10N2O4S. The lowest BCUT2D eigenvalue weighted by Crippen LogP contribution is -2.16. The zero-order valence-electron chi connectivity index (χ0n) is 8.29. The Balaban J connectivity index is 2.53. The van der Waals surface area contributed by atoms with Gasteiger partial charge in [-0.2, -0.15) is 0 Å². The molecule has 0 aliphatic heterocycles. The molecule has 0 atom stereocenters. The van der Waals surface area contributed by atoms with Gasteiger partial charge in [0.2, 0.25) is 10.0 Å². The summed E-state index contributed by atoms with van der Waals surface area (Å²) in [6.45, 7) is 0. The van der Waals surface area contributed by atoms with E-state index in [1.807, 2.05) is 0 Å². The molecule has 0 spiro atoms. The Morgan fingerprint density at radius 3 is 2.69 bits per heavy atom. The van der Waals surface area contributed by atoms with Crippen molar-refractivity contribution in [2.45, 2.75) is 23.8 Å². The number of aromatic nitrogens is 1. The summed E-state index contributed by atoms with van der Waals surface area (Å²) in [5.74, 6) is -0.0394. The number of hydrogen-bond acceptors (Lipinski definition) is 5. The van der Waals surface area contributed by atoms with E-state index < -0.39 is 10.0 Å². The van der Waals surface area contributed by atoms with E-state index >= 15 is 0 Å². The van der Waals surface area contributed by atoms with Crippen LogP contribution in [-0.2, 0) is 10.0 Å². The maximum atomic E-state index is 11.3. The smallest absolute Gasteiger partial charge is 0.241 e. The molecule has 0 radical (unpaired) electrons. The van der Waals surface area contributed by atoms with E-state index in [9.17, 15) is 13.2 Å². The first-order valence-electron chi connectivity index (χ1n) is 4.66. The third-order valence-electron chi connectivity index (χ3n) is 2.12. The third kappa shape index (κ3) is 2.20. The van der Waals surface area contributed by atoms with Crippen molar-refractivity contribution >= 4 is 16.3 Å². The number of pyridine rings is 1. The molecule has 1 heterocycles. The molecule has 6 nitrogen and oxygen atoms in total. The van der Waals surface area contributed by atoms with E-state index in [0.29, 0.717) is 6.29 Å². The van der Waals surface area contributed by atoms with Gasteiger partial charge in [-0.25, -0.2) is 18.5 Å². The maximum absolute atomic E-state index is 11.3. The van der Waals surface area contributed by atoms with E-state index in [1.165, 1.54) is 12.3 Å². The lowest BCUT2D eigenvalue weighted by molar-refractivity contribution is 0.111. The van der Waals surface area contributed by atoms with Gasteiger partial charge < -0.3 is 4.74 Å². The van der Waals surface area contributed by atoms with Gasteiger partial charge in [-0.3, -0.25) is 4.79 Å². The predicted molar refractivity (Wildman–Crippen MR) is 54.6 cm³/mol. The van der Waals surface area contributed by atoms with Crippen molar-refractivity contribution in [3.8, 4) is 5.75 Å². The van der Waals surface area contributed by atoms with Crippen LogP contribution in [0.5, 0.6) is 5.75 Å². The molecule has 2 rings (SSSR count). The minimum atomic E-state index is -3.91. The summed E-state index contributed by atoms with van der Waals surface area (Å²) in [6, 6.07) is 1.22. The summed E-state index contributed by atoms with van der Waals surface area (Å²) in [7, 11) is -3.91. The first-order valence-corrected chi connectivity index (χ1v) is 6.20. The van der Waals surface area contributed by atoms with E-state index in [4.69, 9.17) is 9.88 Å². The molecule has 1 saturated carbocycles. The Morgan fingerprint density at radius 2 is 2.19 bits per heavy atom. The molecule has 16 heavy (non-hydrogen) atoms. The van der Waals surface area contributed by atoms with Crippen LogP contribution in [0.15, 0.2) is 17.2 Å². The van der Waals surface area contributed by atoms with Gasteiger partial charge in [0.15, 0.2) is 12.0 Å². The topological polar surface area (TPSA) is 99.4 Å². The summed E-state index contributed by atoms with van der Waals surface area (Å²) in [6.07, 6.45) is 3.31. The third-order valence-corrected chi connectivity index (χ3v) is 3.06. The van der Waals surface area contributed by atoms with Crippen molar-refractivity contribution in [2.24, 2.45) is 5.14 Å². The SMILES string of the molecule is NS(=O)(=O)c1ccnc(C=O)c1OC1CC1. The van der Waals surface area contributed by atoms with E-state index in [0.717, 1.165) is 12.8 Å². The quantitative estimate of drug-likeness (QED) is 0.754. The minimum Gasteiger partial charge on any atom is -0.487 e. The minimum absolute atomic E-state index is 0.0385. The summed E-state index contributed by atoms with van der Waals surface area (Å²) in [5.41, 5.74) is -0.0431. The summed E-state index contributed by atoms with van der Waals surface area (Å²) in [5, 5.41) is 5.03. The standard InChI is InChI=1S/C9H10N2O4S/c10-16(13,14)8-3-4-11-7(5-12)9(8)15-6-1-2-6/h3-6H,1-2H2,(H2,10,13,14). The highest BCUT2D eigenvalue weighted by atomic mass is 32.2. The van der Waals surface area contributed by atoms with Crippen LogP contribution in [0.25, 0.3) is 0 Å².